The zero-order valence-corrected chi connectivity index (χ0v) is 11.2. The summed E-state index contributed by atoms with van der Waals surface area (Å²) in [6.45, 7) is 0. The van der Waals surface area contributed by atoms with Crippen LogP contribution < -0.4 is 0 Å². The van der Waals surface area contributed by atoms with Crippen LogP contribution in [0.4, 0.5) is 0 Å². The Morgan fingerprint density at radius 2 is 1.87 bits per heavy atom. The zero-order valence-electron chi connectivity index (χ0n) is 8.00. The summed E-state index contributed by atoms with van der Waals surface area (Å²) in [5.74, 6) is 0. The number of rotatable bonds is 2. The predicted molar refractivity (Wildman–Crippen MR) is 69.9 cm³/mol. The van der Waals surface area contributed by atoms with Gasteiger partial charge in [-0.1, -0.05) is 30.3 Å². The monoisotopic (exact) mass is 323 g/mol. The van der Waals surface area contributed by atoms with Crippen molar-refractivity contribution >= 4 is 31.9 Å². The minimum absolute atomic E-state index is 0.923. The molecule has 75 valence electrons. The summed E-state index contributed by atoms with van der Waals surface area (Å²) in [5.41, 5.74) is 2.50. The Hall–Kier alpha value is -0.600. The molecule has 0 saturated carbocycles. The average Bonchev–Trinajstić information content (AvgIpc) is 2.25. The van der Waals surface area contributed by atoms with Gasteiger partial charge >= 0.3 is 0 Å². The van der Waals surface area contributed by atoms with Gasteiger partial charge in [0.25, 0.3) is 0 Å². The smallest absolute Gasteiger partial charge is 0.0320 e. The first-order chi connectivity index (χ1) is 7.25. The Morgan fingerprint density at radius 1 is 1.00 bits per heavy atom. The minimum Gasteiger partial charge on any atom is -0.0619 e. The van der Waals surface area contributed by atoms with Gasteiger partial charge in [-0.3, -0.25) is 0 Å². The third-order valence-corrected chi connectivity index (χ3v) is 4.03. The van der Waals surface area contributed by atoms with Crippen LogP contribution in [0.5, 0.6) is 0 Å². The second kappa shape index (κ2) is 4.95. The lowest BCUT2D eigenvalue weighted by molar-refractivity contribution is 1.18. The molecule has 2 aromatic rings. The molecule has 0 aliphatic rings. The first-order valence-corrected chi connectivity index (χ1v) is 6.24. The Kier molecular flexibility index (Phi) is 3.60. The molecule has 0 saturated heterocycles. The molecular formula is C13H9Br2. The van der Waals surface area contributed by atoms with Crippen LogP contribution in [0.15, 0.2) is 51.4 Å². The Balaban J connectivity index is 2.22. The molecule has 0 spiro atoms. The van der Waals surface area contributed by atoms with Crippen molar-refractivity contribution in [2.75, 3.05) is 0 Å². The molecule has 0 aliphatic heterocycles. The van der Waals surface area contributed by atoms with Crippen LogP contribution in [0.1, 0.15) is 11.1 Å². The van der Waals surface area contributed by atoms with Crippen molar-refractivity contribution in [2.24, 2.45) is 0 Å². The first kappa shape index (κ1) is 10.9. The predicted octanol–water partition coefficient (Wildman–Crippen LogP) is 4.60. The van der Waals surface area contributed by atoms with E-state index in [-0.39, 0.29) is 0 Å². The van der Waals surface area contributed by atoms with Gasteiger partial charge in [-0.15, -0.1) is 0 Å². The van der Waals surface area contributed by atoms with Crippen LogP contribution in [0.25, 0.3) is 0 Å². The highest BCUT2D eigenvalue weighted by Crippen LogP contribution is 2.24. The fourth-order valence-corrected chi connectivity index (χ4v) is 2.08. The van der Waals surface area contributed by atoms with E-state index >= 15 is 0 Å². The molecule has 0 aromatic heterocycles. The van der Waals surface area contributed by atoms with Crippen molar-refractivity contribution in [1.82, 2.24) is 0 Å². The van der Waals surface area contributed by atoms with E-state index < -0.39 is 0 Å². The summed E-state index contributed by atoms with van der Waals surface area (Å²) >= 11 is 6.96. The maximum atomic E-state index is 3.50. The van der Waals surface area contributed by atoms with Crippen LogP contribution in [0.3, 0.4) is 0 Å². The van der Waals surface area contributed by atoms with Crippen molar-refractivity contribution in [3.8, 4) is 0 Å². The van der Waals surface area contributed by atoms with Crippen molar-refractivity contribution in [3.63, 3.8) is 0 Å². The molecule has 0 N–H and O–H groups in total. The third-order valence-electron chi connectivity index (χ3n) is 2.15. The highest BCUT2D eigenvalue weighted by Gasteiger charge is 1.99. The zero-order chi connectivity index (χ0) is 10.7. The summed E-state index contributed by atoms with van der Waals surface area (Å²) in [4.78, 5) is 0. The highest BCUT2D eigenvalue weighted by atomic mass is 79.9. The number of hydrogen-bond donors (Lipinski definition) is 0. The molecule has 2 rings (SSSR count). The molecule has 0 aliphatic carbocycles. The minimum atomic E-state index is 0.923. The van der Waals surface area contributed by atoms with E-state index in [2.05, 4.69) is 62.2 Å². The molecular weight excluding hydrogens is 316 g/mol. The quantitative estimate of drug-likeness (QED) is 0.757. The number of hydrogen-bond acceptors (Lipinski definition) is 0. The van der Waals surface area contributed by atoms with Crippen molar-refractivity contribution in [2.45, 2.75) is 6.42 Å². The topological polar surface area (TPSA) is 0 Å². The second-order valence-electron chi connectivity index (χ2n) is 3.31. The molecule has 2 heteroatoms. The van der Waals surface area contributed by atoms with E-state index in [1.807, 2.05) is 18.2 Å². The molecule has 0 atom stereocenters. The molecule has 0 nitrogen and oxygen atoms in total. The maximum Gasteiger partial charge on any atom is 0.0320 e. The van der Waals surface area contributed by atoms with Crippen molar-refractivity contribution in [3.05, 3.63) is 68.6 Å². The summed E-state index contributed by atoms with van der Waals surface area (Å²) in [6.07, 6.45) is 0.923. The summed E-state index contributed by atoms with van der Waals surface area (Å²) in [6, 6.07) is 17.6. The maximum absolute atomic E-state index is 3.50. The van der Waals surface area contributed by atoms with E-state index in [0.717, 1.165) is 15.4 Å². The molecule has 0 fully saturated rings. The van der Waals surface area contributed by atoms with Gasteiger partial charge in [0.05, 0.1) is 0 Å². The third kappa shape index (κ3) is 2.93. The molecule has 2 aromatic carbocycles. The van der Waals surface area contributed by atoms with E-state index in [1.54, 1.807) is 0 Å². The SMILES string of the molecule is Brc1ccc(Cc2[c]cccc2)cc1Br. The molecule has 0 heterocycles. The van der Waals surface area contributed by atoms with E-state index in [0.29, 0.717) is 0 Å². The van der Waals surface area contributed by atoms with Gasteiger partial charge in [-0.05, 0) is 67.6 Å². The fourth-order valence-electron chi connectivity index (χ4n) is 1.41. The Bertz CT molecular complexity index is 449. The van der Waals surface area contributed by atoms with Gasteiger partial charge in [0.1, 0.15) is 0 Å². The number of halogens is 2. The molecule has 15 heavy (non-hydrogen) atoms. The van der Waals surface area contributed by atoms with Gasteiger partial charge in [0, 0.05) is 8.95 Å². The van der Waals surface area contributed by atoms with Crippen LogP contribution in [0, 0.1) is 6.07 Å². The first-order valence-electron chi connectivity index (χ1n) is 4.65. The summed E-state index contributed by atoms with van der Waals surface area (Å²) in [7, 11) is 0. The normalized spacial score (nSPS) is 10.3. The largest absolute Gasteiger partial charge is 0.0619 e. The standard InChI is InChI=1S/C13H9Br2/c14-12-7-6-11(9-13(12)15)8-10-4-2-1-3-5-10/h1-4,6-7,9H,8H2. The van der Waals surface area contributed by atoms with Crippen LogP contribution >= 0.6 is 31.9 Å². The average molecular weight is 325 g/mol. The van der Waals surface area contributed by atoms with E-state index in [4.69, 9.17) is 0 Å². The van der Waals surface area contributed by atoms with E-state index in [1.165, 1.54) is 11.1 Å². The highest BCUT2D eigenvalue weighted by molar-refractivity contribution is 9.13. The van der Waals surface area contributed by atoms with Crippen molar-refractivity contribution in [1.29, 1.82) is 0 Å². The molecule has 0 unspecified atom stereocenters. The van der Waals surface area contributed by atoms with E-state index in [9.17, 15) is 0 Å². The summed E-state index contributed by atoms with van der Waals surface area (Å²) in [5, 5.41) is 0. The van der Waals surface area contributed by atoms with Gasteiger partial charge in [-0.2, -0.15) is 0 Å². The lowest BCUT2D eigenvalue weighted by Crippen LogP contribution is -1.87. The summed E-state index contributed by atoms with van der Waals surface area (Å²) < 4.78 is 2.18. The van der Waals surface area contributed by atoms with Crippen LogP contribution in [-0.2, 0) is 6.42 Å². The van der Waals surface area contributed by atoms with Gasteiger partial charge in [-0.25, -0.2) is 0 Å². The van der Waals surface area contributed by atoms with Crippen molar-refractivity contribution < 1.29 is 0 Å². The Labute approximate surface area is 107 Å². The molecule has 0 bridgehead atoms. The van der Waals surface area contributed by atoms with Gasteiger partial charge in [0.15, 0.2) is 0 Å². The van der Waals surface area contributed by atoms with Gasteiger partial charge in [0.2, 0.25) is 0 Å². The van der Waals surface area contributed by atoms with Crippen LogP contribution in [-0.4, -0.2) is 0 Å². The Morgan fingerprint density at radius 3 is 2.53 bits per heavy atom. The fraction of sp³-hybridized carbons (Fsp3) is 0.0769. The molecule has 1 radical (unpaired) electrons. The van der Waals surface area contributed by atoms with Gasteiger partial charge < -0.3 is 0 Å². The lowest BCUT2D eigenvalue weighted by atomic mass is 10.1. The molecule has 0 amide bonds. The second-order valence-corrected chi connectivity index (χ2v) is 5.02. The number of benzene rings is 2. The lowest BCUT2D eigenvalue weighted by Gasteiger charge is -2.03. The van der Waals surface area contributed by atoms with Crippen LogP contribution in [0.2, 0.25) is 0 Å².